The molecule has 0 spiro atoms. The van der Waals surface area contributed by atoms with Gasteiger partial charge in [0.2, 0.25) is 0 Å². The number of benzene rings is 1. The Balaban J connectivity index is 1.85. The third-order valence-corrected chi connectivity index (χ3v) is 3.03. The molecule has 1 aliphatic rings. The molecule has 3 nitrogen and oxygen atoms in total. The van der Waals surface area contributed by atoms with Crippen molar-refractivity contribution in [3.63, 3.8) is 0 Å². The van der Waals surface area contributed by atoms with Crippen LogP contribution in [0.1, 0.15) is 24.8 Å². The maximum Gasteiger partial charge on any atom is 0.0693 e. The van der Waals surface area contributed by atoms with Crippen LogP contribution in [0, 0.1) is 0 Å². The molecule has 2 rings (SSSR count). The molecule has 1 aromatic rings. The fraction of sp³-hybridized carbons (Fsp3) is 0.500. The van der Waals surface area contributed by atoms with E-state index in [2.05, 4.69) is 5.32 Å². The summed E-state index contributed by atoms with van der Waals surface area (Å²) in [5.74, 6) is 0. The lowest BCUT2D eigenvalue weighted by Gasteiger charge is -2.16. The molecule has 82 valence electrons. The van der Waals surface area contributed by atoms with Gasteiger partial charge in [0.15, 0.2) is 0 Å². The summed E-state index contributed by atoms with van der Waals surface area (Å²) in [5.41, 5.74) is 7.61. The highest BCUT2D eigenvalue weighted by atomic mass is 16.3. The van der Waals surface area contributed by atoms with Gasteiger partial charge in [-0.15, -0.1) is 0 Å². The molecule has 0 amide bonds. The van der Waals surface area contributed by atoms with Gasteiger partial charge in [-0.05, 0) is 37.0 Å². The molecule has 4 N–H and O–H groups in total. The van der Waals surface area contributed by atoms with E-state index in [0.717, 1.165) is 31.5 Å². The number of aliphatic hydroxyl groups excluding tert-OH is 1. The second-order valence-electron chi connectivity index (χ2n) is 4.23. The van der Waals surface area contributed by atoms with E-state index in [1.165, 1.54) is 5.56 Å². The van der Waals surface area contributed by atoms with E-state index in [9.17, 15) is 5.11 Å². The summed E-state index contributed by atoms with van der Waals surface area (Å²) in [7, 11) is 0. The summed E-state index contributed by atoms with van der Waals surface area (Å²) < 4.78 is 0. The Morgan fingerprint density at radius 3 is 2.60 bits per heavy atom. The number of aliphatic hydroxyl groups is 1. The first kappa shape index (κ1) is 10.5. The van der Waals surface area contributed by atoms with Gasteiger partial charge in [-0.1, -0.05) is 12.1 Å². The first-order valence-corrected chi connectivity index (χ1v) is 5.51. The van der Waals surface area contributed by atoms with Crippen LogP contribution in [-0.4, -0.2) is 17.3 Å². The van der Waals surface area contributed by atoms with Crippen LogP contribution in [0.3, 0.4) is 0 Å². The summed E-state index contributed by atoms with van der Waals surface area (Å²) in [6, 6.07) is 8.11. The van der Waals surface area contributed by atoms with Crippen molar-refractivity contribution in [1.82, 2.24) is 5.32 Å². The first-order valence-electron chi connectivity index (χ1n) is 5.51. The topological polar surface area (TPSA) is 58.3 Å². The maximum atomic E-state index is 9.63. The largest absolute Gasteiger partial charge is 0.399 e. The molecule has 0 aromatic heterocycles. The predicted octanol–water partition coefficient (Wildman–Crippen LogP) is 1.27. The van der Waals surface area contributed by atoms with Crippen molar-refractivity contribution in [1.29, 1.82) is 0 Å². The Bertz CT molecular complexity index is 310. The summed E-state index contributed by atoms with van der Waals surface area (Å²) >= 11 is 0. The van der Waals surface area contributed by atoms with Crippen molar-refractivity contribution < 1.29 is 5.11 Å². The molecule has 3 heteroatoms. The van der Waals surface area contributed by atoms with Gasteiger partial charge < -0.3 is 16.2 Å². The molecule has 15 heavy (non-hydrogen) atoms. The van der Waals surface area contributed by atoms with Crippen LogP contribution in [-0.2, 0) is 6.54 Å². The van der Waals surface area contributed by atoms with E-state index in [-0.39, 0.29) is 12.1 Å². The maximum absolute atomic E-state index is 9.63. The lowest BCUT2D eigenvalue weighted by molar-refractivity contribution is 0.148. The van der Waals surface area contributed by atoms with Crippen molar-refractivity contribution in [3.05, 3.63) is 29.8 Å². The van der Waals surface area contributed by atoms with Gasteiger partial charge in [0.1, 0.15) is 0 Å². The van der Waals surface area contributed by atoms with Crippen molar-refractivity contribution >= 4 is 5.69 Å². The molecule has 1 saturated carbocycles. The van der Waals surface area contributed by atoms with Gasteiger partial charge in [-0.25, -0.2) is 0 Å². The average molecular weight is 206 g/mol. The Morgan fingerprint density at radius 1 is 1.27 bits per heavy atom. The number of nitrogens with one attached hydrogen (secondary N) is 1. The molecular weight excluding hydrogens is 188 g/mol. The highest BCUT2D eigenvalue weighted by Gasteiger charge is 2.24. The molecule has 0 aliphatic heterocycles. The van der Waals surface area contributed by atoms with Crippen LogP contribution >= 0.6 is 0 Å². The van der Waals surface area contributed by atoms with Crippen LogP contribution in [0.15, 0.2) is 24.3 Å². The number of nitrogen functional groups attached to an aromatic ring is 1. The minimum absolute atomic E-state index is 0.168. The number of anilines is 1. The molecule has 1 aromatic carbocycles. The SMILES string of the molecule is Nc1ccc(CN[C@@H]2CCC[C@H]2O)cc1. The van der Waals surface area contributed by atoms with Crippen LogP contribution in [0.4, 0.5) is 5.69 Å². The van der Waals surface area contributed by atoms with Crippen molar-refractivity contribution in [2.24, 2.45) is 0 Å². The number of hydrogen-bond donors (Lipinski definition) is 3. The third-order valence-electron chi connectivity index (χ3n) is 3.03. The summed E-state index contributed by atoms with van der Waals surface area (Å²) in [4.78, 5) is 0. The number of hydrogen-bond acceptors (Lipinski definition) is 3. The third kappa shape index (κ3) is 2.70. The molecule has 1 fully saturated rings. The van der Waals surface area contributed by atoms with Gasteiger partial charge in [-0.2, -0.15) is 0 Å². The lowest BCUT2D eigenvalue weighted by atomic mass is 10.1. The quantitative estimate of drug-likeness (QED) is 0.653. The second kappa shape index (κ2) is 4.64. The normalized spacial score (nSPS) is 25.7. The van der Waals surface area contributed by atoms with E-state index in [4.69, 9.17) is 5.73 Å². The summed E-state index contributed by atoms with van der Waals surface area (Å²) in [6.07, 6.45) is 2.97. The first-order chi connectivity index (χ1) is 7.25. The van der Waals surface area contributed by atoms with Crippen molar-refractivity contribution in [2.45, 2.75) is 38.0 Å². The summed E-state index contributed by atoms with van der Waals surface area (Å²) in [5, 5.41) is 13.0. The lowest BCUT2D eigenvalue weighted by Crippen LogP contribution is -2.34. The monoisotopic (exact) mass is 206 g/mol. The predicted molar refractivity (Wildman–Crippen MR) is 61.3 cm³/mol. The zero-order chi connectivity index (χ0) is 10.7. The molecule has 0 bridgehead atoms. The minimum atomic E-state index is -0.168. The Labute approximate surface area is 90.3 Å². The standard InChI is InChI=1S/C12H18N2O/c13-10-6-4-9(5-7-10)8-14-11-2-1-3-12(11)15/h4-7,11-12,14-15H,1-3,8,13H2/t11-,12-/m1/s1. The van der Waals surface area contributed by atoms with Gasteiger partial charge in [0, 0.05) is 18.3 Å². The van der Waals surface area contributed by atoms with E-state index in [1.54, 1.807) is 0 Å². The van der Waals surface area contributed by atoms with Gasteiger partial charge in [0.25, 0.3) is 0 Å². The number of nitrogens with two attached hydrogens (primary N) is 1. The highest BCUT2D eigenvalue weighted by molar-refractivity contribution is 5.39. The van der Waals surface area contributed by atoms with Crippen LogP contribution in [0.2, 0.25) is 0 Å². The van der Waals surface area contributed by atoms with Crippen LogP contribution in [0.25, 0.3) is 0 Å². The molecular formula is C12H18N2O. The van der Waals surface area contributed by atoms with E-state index >= 15 is 0 Å². The minimum Gasteiger partial charge on any atom is -0.399 e. The molecule has 2 atom stereocenters. The zero-order valence-corrected chi connectivity index (χ0v) is 8.82. The van der Waals surface area contributed by atoms with E-state index in [1.807, 2.05) is 24.3 Å². The Hall–Kier alpha value is -1.06. The van der Waals surface area contributed by atoms with Crippen LogP contribution in [0.5, 0.6) is 0 Å². The molecule has 0 unspecified atom stereocenters. The fourth-order valence-corrected chi connectivity index (χ4v) is 2.06. The Morgan fingerprint density at radius 2 is 2.00 bits per heavy atom. The van der Waals surface area contributed by atoms with E-state index in [0.29, 0.717) is 0 Å². The highest BCUT2D eigenvalue weighted by Crippen LogP contribution is 2.19. The van der Waals surface area contributed by atoms with Crippen molar-refractivity contribution in [2.75, 3.05) is 5.73 Å². The number of rotatable bonds is 3. The molecule has 1 aliphatic carbocycles. The van der Waals surface area contributed by atoms with Crippen molar-refractivity contribution in [3.8, 4) is 0 Å². The second-order valence-corrected chi connectivity index (χ2v) is 4.23. The zero-order valence-electron chi connectivity index (χ0n) is 8.82. The van der Waals surface area contributed by atoms with Gasteiger partial charge >= 0.3 is 0 Å². The van der Waals surface area contributed by atoms with Crippen LogP contribution < -0.4 is 11.1 Å². The van der Waals surface area contributed by atoms with Gasteiger partial charge in [0.05, 0.1) is 6.10 Å². The Kier molecular flexibility index (Phi) is 3.23. The molecule has 0 saturated heterocycles. The van der Waals surface area contributed by atoms with Gasteiger partial charge in [-0.3, -0.25) is 0 Å². The fourth-order valence-electron chi connectivity index (χ4n) is 2.06. The molecule has 0 radical (unpaired) electrons. The smallest absolute Gasteiger partial charge is 0.0693 e. The molecule has 0 heterocycles. The summed E-state index contributed by atoms with van der Waals surface area (Å²) in [6.45, 7) is 0.808. The van der Waals surface area contributed by atoms with E-state index < -0.39 is 0 Å². The average Bonchev–Trinajstić information content (AvgIpc) is 2.63.